The van der Waals surface area contributed by atoms with E-state index in [0.29, 0.717) is 12.3 Å². The van der Waals surface area contributed by atoms with Gasteiger partial charge in [0.05, 0.1) is 17.4 Å². The van der Waals surface area contributed by atoms with Crippen molar-refractivity contribution < 1.29 is 13.2 Å². The lowest BCUT2D eigenvalue weighted by atomic mass is 10.1. The lowest BCUT2D eigenvalue weighted by Crippen LogP contribution is -2.50. The summed E-state index contributed by atoms with van der Waals surface area (Å²) >= 11 is 0. The van der Waals surface area contributed by atoms with E-state index in [0.717, 1.165) is 32.7 Å². The highest BCUT2D eigenvalue weighted by molar-refractivity contribution is 7.91. The zero-order chi connectivity index (χ0) is 14.8. The molecule has 20 heavy (non-hydrogen) atoms. The van der Waals surface area contributed by atoms with Crippen molar-refractivity contribution >= 4 is 15.7 Å². The van der Waals surface area contributed by atoms with Crippen LogP contribution in [0.5, 0.6) is 0 Å². The molecule has 0 aromatic heterocycles. The second kappa shape index (κ2) is 6.43. The molecule has 2 heterocycles. The summed E-state index contributed by atoms with van der Waals surface area (Å²) in [4.78, 5) is 16.6. The molecule has 2 rings (SSSR count). The van der Waals surface area contributed by atoms with Gasteiger partial charge in [0.15, 0.2) is 9.84 Å². The van der Waals surface area contributed by atoms with Gasteiger partial charge in [0.1, 0.15) is 0 Å². The van der Waals surface area contributed by atoms with Gasteiger partial charge >= 0.3 is 0 Å². The van der Waals surface area contributed by atoms with E-state index in [9.17, 15) is 13.2 Å². The van der Waals surface area contributed by atoms with E-state index in [4.69, 9.17) is 0 Å². The number of hydrogen-bond donors (Lipinski definition) is 0. The second-order valence-corrected chi connectivity index (χ2v) is 8.68. The number of carbonyl (C=O) groups is 1. The van der Waals surface area contributed by atoms with Gasteiger partial charge in [0.25, 0.3) is 0 Å². The van der Waals surface area contributed by atoms with Crippen LogP contribution in [0.1, 0.15) is 26.7 Å². The maximum atomic E-state index is 12.3. The van der Waals surface area contributed by atoms with E-state index in [1.165, 1.54) is 6.42 Å². The first kappa shape index (κ1) is 15.8. The summed E-state index contributed by atoms with van der Waals surface area (Å²) in [6.45, 7) is 8.86. The van der Waals surface area contributed by atoms with Gasteiger partial charge in [-0.15, -0.1) is 0 Å². The smallest absolute Gasteiger partial charge is 0.226 e. The summed E-state index contributed by atoms with van der Waals surface area (Å²) in [5.74, 6) is 0.701. The number of amides is 1. The lowest BCUT2D eigenvalue weighted by molar-refractivity contribution is -0.136. The van der Waals surface area contributed by atoms with Gasteiger partial charge in [0.2, 0.25) is 5.91 Å². The fourth-order valence-electron chi connectivity index (χ4n) is 2.88. The molecule has 5 nitrogen and oxygen atoms in total. The van der Waals surface area contributed by atoms with Gasteiger partial charge in [-0.05, 0) is 25.3 Å². The summed E-state index contributed by atoms with van der Waals surface area (Å²) in [6.07, 6.45) is 1.70. The van der Waals surface area contributed by atoms with Gasteiger partial charge in [0, 0.05) is 26.2 Å². The number of sulfone groups is 1. The fraction of sp³-hybridized carbons (Fsp3) is 0.929. The molecule has 6 heteroatoms. The van der Waals surface area contributed by atoms with Gasteiger partial charge in [-0.3, -0.25) is 9.69 Å². The Hall–Kier alpha value is -0.620. The van der Waals surface area contributed by atoms with Crippen LogP contribution in [0.3, 0.4) is 0 Å². The topological polar surface area (TPSA) is 57.7 Å². The Bertz CT molecular complexity index is 439. The molecule has 2 fully saturated rings. The highest BCUT2D eigenvalue weighted by atomic mass is 32.2. The summed E-state index contributed by atoms with van der Waals surface area (Å²) in [5.41, 5.74) is 0. The summed E-state index contributed by atoms with van der Waals surface area (Å²) in [5, 5.41) is 0. The van der Waals surface area contributed by atoms with Gasteiger partial charge in [-0.25, -0.2) is 8.42 Å². The minimum atomic E-state index is -2.97. The quantitative estimate of drug-likeness (QED) is 0.763. The van der Waals surface area contributed by atoms with Crippen LogP contribution < -0.4 is 0 Å². The molecule has 0 aromatic rings. The van der Waals surface area contributed by atoms with Crippen molar-refractivity contribution in [3.05, 3.63) is 0 Å². The molecular formula is C14H26N2O3S. The highest BCUT2D eigenvalue weighted by Gasteiger charge is 2.36. The van der Waals surface area contributed by atoms with Gasteiger partial charge in [-0.2, -0.15) is 0 Å². The van der Waals surface area contributed by atoms with E-state index in [1.807, 2.05) is 4.90 Å². The average Bonchev–Trinajstić information content (AvgIpc) is 2.76. The summed E-state index contributed by atoms with van der Waals surface area (Å²) in [6, 6.07) is 0. The van der Waals surface area contributed by atoms with Gasteiger partial charge < -0.3 is 4.90 Å². The largest absolute Gasteiger partial charge is 0.340 e. The van der Waals surface area contributed by atoms with Crippen LogP contribution in [0.25, 0.3) is 0 Å². The van der Waals surface area contributed by atoms with Crippen molar-refractivity contribution in [1.82, 2.24) is 9.80 Å². The molecule has 0 radical (unpaired) electrons. The average molecular weight is 302 g/mol. The van der Waals surface area contributed by atoms with E-state index < -0.39 is 9.84 Å². The van der Waals surface area contributed by atoms with E-state index in [-0.39, 0.29) is 23.3 Å². The minimum Gasteiger partial charge on any atom is -0.340 e. The molecule has 2 saturated heterocycles. The maximum Gasteiger partial charge on any atom is 0.226 e. The van der Waals surface area contributed by atoms with Crippen LogP contribution in [0.2, 0.25) is 0 Å². The molecule has 0 aromatic carbocycles. The lowest BCUT2D eigenvalue weighted by Gasteiger charge is -2.36. The second-order valence-electron chi connectivity index (χ2n) is 6.45. The predicted octanol–water partition coefficient (Wildman–Crippen LogP) is 0.611. The van der Waals surface area contributed by atoms with E-state index >= 15 is 0 Å². The first-order chi connectivity index (χ1) is 9.37. The standard InChI is InChI=1S/C14H26N2O3S/c1-12(2)3-5-15-6-8-16(9-7-15)14(17)13-4-10-20(18,19)11-13/h12-13H,3-11H2,1-2H3. The molecular weight excluding hydrogens is 276 g/mol. The molecule has 1 unspecified atom stereocenters. The molecule has 1 amide bonds. The molecule has 0 N–H and O–H groups in total. The van der Waals surface area contributed by atoms with Crippen LogP contribution in [0.4, 0.5) is 0 Å². The third kappa shape index (κ3) is 4.19. The normalized spacial score (nSPS) is 27.1. The van der Waals surface area contributed by atoms with Gasteiger partial charge in [-0.1, -0.05) is 13.8 Å². The van der Waals surface area contributed by atoms with E-state index in [1.54, 1.807) is 0 Å². The third-order valence-electron chi connectivity index (χ3n) is 4.29. The Morgan fingerprint density at radius 3 is 2.35 bits per heavy atom. The first-order valence-corrected chi connectivity index (χ1v) is 9.41. The SMILES string of the molecule is CC(C)CCN1CCN(C(=O)C2CCS(=O)(=O)C2)CC1. The molecule has 1 atom stereocenters. The monoisotopic (exact) mass is 302 g/mol. The van der Waals surface area contributed by atoms with Crippen molar-refractivity contribution in [2.24, 2.45) is 11.8 Å². The number of carbonyl (C=O) groups excluding carboxylic acids is 1. The number of hydrogen-bond acceptors (Lipinski definition) is 4. The Kier molecular flexibility index (Phi) is 5.07. The number of rotatable bonds is 4. The maximum absolute atomic E-state index is 12.3. The Morgan fingerprint density at radius 1 is 1.20 bits per heavy atom. The van der Waals surface area contributed by atoms with Crippen LogP contribution >= 0.6 is 0 Å². The Labute approximate surface area is 122 Å². The number of nitrogens with zero attached hydrogens (tertiary/aromatic N) is 2. The van der Waals surface area contributed by atoms with Crippen LogP contribution in [0, 0.1) is 11.8 Å². The van der Waals surface area contributed by atoms with Crippen molar-refractivity contribution in [1.29, 1.82) is 0 Å². The molecule has 0 bridgehead atoms. The van der Waals surface area contributed by atoms with Crippen LogP contribution in [-0.2, 0) is 14.6 Å². The zero-order valence-electron chi connectivity index (χ0n) is 12.5. The molecule has 2 aliphatic rings. The zero-order valence-corrected chi connectivity index (χ0v) is 13.4. The Balaban J connectivity index is 1.77. The fourth-order valence-corrected chi connectivity index (χ4v) is 4.61. The van der Waals surface area contributed by atoms with Crippen LogP contribution in [0.15, 0.2) is 0 Å². The summed E-state index contributed by atoms with van der Waals surface area (Å²) < 4.78 is 22.9. The van der Waals surface area contributed by atoms with Crippen molar-refractivity contribution in [3.63, 3.8) is 0 Å². The Morgan fingerprint density at radius 2 is 1.85 bits per heavy atom. The molecule has 0 aliphatic carbocycles. The highest BCUT2D eigenvalue weighted by Crippen LogP contribution is 2.21. The van der Waals surface area contributed by atoms with Crippen molar-refractivity contribution in [2.75, 3.05) is 44.2 Å². The predicted molar refractivity (Wildman–Crippen MR) is 79.2 cm³/mol. The van der Waals surface area contributed by atoms with Crippen molar-refractivity contribution in [2.45, 2.75) is 26.7 Å². The molecule has 0 spiro atoms. The van der Waals surface area contributed by atoms with Crippen molar-refractivity contribution in [3.8, 4) is 0 Å². The summed E-state index contributed by atoms with van der Waals surface area (Å²) in [7, 11) is -2.97. The van der Waals surface area contributed by atoms with E-state index in [2.05, 4.69) is 18.7 Å². The third-order valence-corrected chi connectivity index (χ3v) is 6.06. The molecule has 2 aliphatic heterocycles. The molecule has 116 valence electrons. The first-order valence-electron chi connectivity index (χ1n) is 7.59. The minimum absolute atomic E-state index is 0.0505. The van der Waals surface area contributed by atoms with Crippen LogP contribution in [-0.4, -0.2) is 68.4 Å². The number of piperazine rings is 1. The molecule has 0 saturated carbocycles.